The quantitative estimate of drug-likeness (QED) is 0.857. The molecular formula is C16H26N4O2S. The van der Waals surface area contributed by atoms with E-state index < -0.39 is 0 Å². The third-order valence-electron chi connectivity index (χ3n) is 4.64. The fraction of sp³-hybridized carbons (Fsp3) is 0.750. The number of amides is 2. The van der Waals surface area contributed by atoms with Gasteiger partial charge in [-0.2, -0.15) is 0 Å². The maximum atomic E-state index is 12.2. The van der Waals surface area contributed by atoms with Crippen LogP contribution < -0.4 is 10.2 Å². The van der Waals surface area contributed by atoms with E-state index in [0.29, 0.717) is 13.1 Å². The van der Waals surface area contributed by atoms with Gasteiger partial charge in [0.05, 0.1) is 5.69 Å². The zero-order valence-corrected chi connectivity index (χ0v) is 14.4. The lowest BCUT2D eigenvalue weighted by Gasteiger charge is -2.31. The maximum Gasteiger partial charge on any atom is 0.317 e. The summed E-state index contributed by atoms with van der Waals surface area (Å²) in [6.45, 7) is 4.47. The number of hydrogen-bond acceptors (Lipinski definition) is 5. The Balaban J connectivity index is 1.41. The number of carbonyl (C=O) groups excluding carboxylic acids is 1. The van der Waals surface area contributed by atoms with Gasteiger partial charge in [0, 0.05) is 51.1 Å². The minimum Gasteiger partial charge on any atom is -0.396 e. The first-order chi connectivity index (χ1) is 11.3. The second-order valence-electron chi connectivity index (χ2n) is 6.43. The Bertz CT molecular complexity index is 516. The van der Waals surface area contributed by atoms with Crippen LogP contribution in [0.25, 0.3) is 0 Å². The standard InChI is InChI=1S/C16H26N4O2S/c21-11-13-4-3-9-20(10-13)15(22)17-6-5-14-12-23-16(18-14)19-7-1-2-8-19/h12-13,21H,1-11H2,(H,17,22). The van der Waals surface area contributed by atoms with E-state index in [-0.39, 0.29) is 18.6 Å². The summed E-state index contributed by atoms with van der Waals surface area (Å²) in [7, 11) is 0. The summed E-state index contributed by atoms with van der Waals surface area (Å²) in [5, 5.41) is 15.4. The molecule has 2 fully saturated rings. The van der Waals surface area contributed by atoms with E-state index in [1.54, 1.807) is 11.3 Å². The predicted molar refractivity (Wildman–Crippen MR) is 92.0 cm³/mol. The first-order valence-electron chi connectivity index (χ1n) is 8.59. The van der Waals surface area contributed by atoms with Gasteiger partial charge in [0.2, 0.25) is 0 Å². The summed E-state index contributed by atoms with van der Waals surface area (Å²) in [5.74, 6) is 0.232. The van der Waals surface area contributed by atoms with Gasteiger partial charge in [-0.05, 0) is 31.6 Å². The van der Waals surface area contributed by atoms with Crippen molar-refractivity contribution in [2.75, 3.05) is 44.2 Å². The lowest BCUT2D eigenvalue weighted by molar-refractivity contribution is 0.129. The average Bonchev–Trinajstić information content (AvgIpc) is 3.26. The van der Waals surface area contributed by atoms with Crippen molar-refractivity contribution in [1.29, 1.82) is 0 Å². The van der Waals surface area contributed by atoms with Gasteiger partial charge in [0.15, 0.2) is 5.13 Å². The van der Waals surface area contributed by atoms with Crippen molar-refractivity contribution in [2.45, 2.75) is 32.1 Å². The molecule has 3 heterocycles. The number of thiazole rings is 1. The lowest BCUT2D eigenvalue weighted by Crippen LogP contribution is -2.46. The van der Waals surface area contributed by atoms with Crippen LogP contribution in [0.15, 0.2) is 5.38 Å². The Hall–Kier alpha value is -1.34. The first-order valence-corrected chi connectivity index (χ1v) is 9.47. The minimum atomic E-state index is -0.0156. The Labute approximate surface area is 141 Å². The van der Waals surface area contributed by atoms with Crippen molar-refractivity contribution in [3.8, 4) is 0 Å². The van der Waals surface area contributed by atoms with E-state index in [4.69, 9.17) is 0 Å². The lowest BCUT2D eigenvalue weighted by atomic mass is 9.99. The van der Waals surface area contributed by atoms with E-state index in [9.17, 15) is 9.90 Å². The molecule has 0 radical (unpaired) electrons. The molecule has 1 unspecified atom stereocenters. The highest BCUT2D eigenvalue weighted by Gasteiger charge is 2.22. The Morgan fingerprint density at radius 1 is 1.35 bits per heavy atom. The summed E-state index contributed by atoms with van der Waals surface area (Å²) in [5.41, 5.74) is 1.06. The highest BCUT2D eigenvalue weighted by molar-refractivity contribution is 7.13. The normalized spacial score (nSPS) is 21.7. The number of carbonyl (C=O) groups is 1. The molecule has 6 nitrogen and oxygen atoms in total. The van der Waals surface area contributed by atoms with Gasteiger partial charge in [-0.25, -0.2) is 9.78 Å². The highest BCUT2D eigenvalue weighted by Crippen LogP contribution is 2.24. The topological polar surface area (TPSA) is 68.7 Å². The first kappa shape index (κ1) is 16.5. The number of aliphatic hydroxyl groups excluding tert-OH is 1. The van der Waals surface area contributed by atoms with Crippen LogP contribution in [0.4, 0.5) is 9.93 Å². The van der Waals surface area contributed by atoms with Crippen molar-refractivity contribution in [2.24, 2.45) is 5.92 Å². The molecule has 7 heteroatoms. The summed E-state index contributed by atoms with van der Waals surface area (Å²) in [6, 6.07) is -0.0156. The number of piperidine rings is 1. The number of rotatable bonds is 5. The van der Waals surface area contributed by atoms with E-state index >= 15 is 0 Å². The molecular weight excluding hydrogens is 312 g/mol. The SMILES string of the molecule is O=C(NCCc1csc(N2CCCC2)n1)N1CCCC(CO)C1. The minimum absolute atomic E-state index is 0.0156. The number of anilines is 1. The molecule has 0 saturated carbocycles. The fourth-order valence-corrected chi connectivity index (χ4v) is 4.19. The largest absolute Gasteiger partial charge is 0.396 e. The van der Waals surface area contributed by atoms with Crippen molar-refractivity contribution < 1.29 is 9.90 Å². The number of likely N-dealkylation sites (tertiary alicyclic amines) is 1. The van der Waals surface area contributed by atoms with E-state index in [1.165, 1.54) is 12.8 Å². The molecule has 3 rings (SSSR count). The van der Waals surface area contributed by atoms with Crippen LogP contribution >= 0.6 is 11.3 Å². The zero-order valence-electron chi connectivity index (χ0n) is 13.5. The number of aromatic nitrogens is 1. The van der Waals surface area contributed by atoms with Crippen molar-refractivity contribution in [3.05, 3.63) is 11.1 Å². The summed E-state index contributed by atoms with van der Waals surface area (Å²) in [6.07, 6.45) is 5.28. The van der Waals surface area contributed by atoms with Gasteiger partial charge in [0.25, 0.3) is 0 Å². The van der Waals surface area contributed by atoms with Crippen LogP contribution in [-0.2, 0) is 6.42 Å². The molecule has 1 aromatic heterocycles. The molecule has 0 spiro atoms. The van der Waals surface area contributed by atoms with Gasteiger partial charge in [-0.1, -0.05) is 0 Å². The van der Waals surface area contributed by atoms with Crippen LogP contribution in [0.3, 0.4) is 0 Å². The fourth-order valence-electron chi connectivity index (χ4n) is 3.27. The van der Waals surface area contributed by atoms with Crippen LogP contribution in [0.2, 0.25) is 0 Å². The van der Waals surface area contributed by atoms with Crippen LogP contribution in [0.1, 0.15) is 31.4 Å². The molecule has 1 atom stereocenters. The molecule has 128 valence electrons. The molecule has 23 heavy (non-hydrogen) atoms. The van der Waals surface area contributed by atoms with E-state index in [2.05, 4.69) is 20.6 Å². The van der Waals surface area contributed by atoms with Gasteiger partial charge in [-0.15, -0.1) is 11.3 Å². The van der Waals surface area contributed by atoms with E-state index in [0.717, 1.165) is 49.7 Å². The molecule has 2 aliphatic heterocycles. The molecule has 0 bridgehead atoms. The highest BCUT2D eigenvalue weighted by atomic mass is 32.1. The Morgan fingerprint density at radius 3 is 2.96 bits per heavy atom. The third-order valence-corrected chi connectivity index (χ3v) is 5.59. The second-order valence-corrected chi connectivity index (χ2v) is 7.27. The zero-order chi connectivity index (χ0) is 16.1. The van der Waals surface area contributed by atoms with E-state index in [1.807, 2.05) is 4.90 Å². The van der Waals surface area contributed by atoms with Crippen molar-refractivity contribution in [3.63, 3.8) is 0 Å². The Morgan fingerprint density at radius 2 is 2.17 bits per heavy atom. The molecule has 1 aromatic rings. The maximum absolute atomic E-state index is 12.2. The molecule has 2 N–H and O–H groups in total. The number of aliphatic hydroxyl groups is 1. The van der Waals surface area contributed by atoms with Gasteiger partial charge < -0.3 is 20.2 Å². The number of nitrogens with one attached hydrogen (secondary N) is 1. The molecule has 0 aromatic carbocycles. The second kappa shape index (κ2) is 7.97. The van der Waals surface area contributed by atoms with Gasteiger partial charge >= 0.3 is 6.03 Å². The van der Waals surface area contributed by atoms with Crippen LogP contribution in [0, 0.1) is 5.92 Å². The molecule has 2 aliphatic rings. The average molecular weight is 338 g/mol. The number of hydrogen-bond donors (Lipinski definition) is 2. The van der Waals surface area contributed by atoms with Crippen LogP contribution in [0.5, 0.6) is 0 Å². The Kier molecular flexibility index (Phi) is 5.72. The van der Waals surface area contributed by atoms with Crippen molar-refractivity contribution in [1.82, 2.24) is 15.2 Å². The smallest absolute Gasteiger partial charge is 0.317 e. The monoisotopic (exact) mass is 338 g/mol. The predicted octanol–water partition coefficient (Wildman–Crippen LogP) is 1.70. The van der Waals surface area contributed by atoms with Crippen LogP contribution in [-0.4, -0.2) is 60.4 Å². The molecule has 0 aliphatic carbocycles. The van der Waals surface area contributed by atoms with Gasteiger partial charge in [0.1, 0.15) is 0 Å². The van der Waals surface area contributed by atoms with Crippen molar-refractivity contribution >= 4 is 22.5 Å². The summed E-state index contributed by atoms with van der Waals surface area (Å²) >= 11 is 1.70. The van der Waals surface area contributed by atoms with Gasteiger partial charge in [-0.3, -0.25) is 0 Å². The number of nitrogens with zero attached hydrogens (tertiary/aromatic N) is 3. The molecule has 2 saturated heterocycles. The summed E-state index contributed by atoms with van der Waals surface area (Å²) < 4.78 is 0. The molecule has 2 amide bonds. The summed E-state index contributed by atoms with van der Waals surface area (Å²) in [4.78, 5) is 21.0. The number of urea groups is 1. The third kappa shape index (κ3) is 4.35.